The molecule has 2 aromatic rings. The summed E-state index contributed by atoms with van der Waals surface area (Å²) in [5.74, 6) is 2.59. The van der Waals surface area contributed by atoms with Crippen molar-refractivity contribution in [3.63, 3.8) is 0 Å². The standard InChI is InChI=1S/C24H33N5O3/c1-17-13-18-15-29(23(30)9-10-27(2)3)16-21(18)26-24(17)28-11-7-19(8-12-28)32-20-5-6-22(31-4)25-14-20/h5-6,13-14,19H,7-12,15-16H2,1-4H3. The first-order valence-electron chi connectivity index (χ1n) is 11.3. The highest BCUT2D eigenvalue weighted by Crippen LogP contribution is 2.30. The van der Waals surface area contributed by atoms with Gasteiger partial charge in [0.1, 0.15) is 17.7 Å². The number of pyridine rings is 2. The number of aryl methyl sites for hydroxylation is 1. The highest BCUT2D eigenvalue weighted by Gasteiger charge is 2.28. The molecule has 0 bridgehead atoms. The van der Waals surface area contributed by atoms with E-state index in [0.717, 1.165) is 49.7 Å². The Kier molecular flexibility index (Phi) is 6.79. The third-order valence-electron chi connectivity index (χ3n) is 6.15. The minimum absolute atomic E-state index is 0.168. The van der Waals surface area contributed by atoms with Crippen LogP contribution in [0.15, 0.2) is 24.4 Å². The zero-order valence-electron chi connectivity index (χ0n) is 19.5. The summed E-state index contributed by atoms with van der Waals surface area (Å²) in [6, 6.07) is 5.93. The normalized spacial score (nSPS) is 16.4. The Balaban J connectivity index is 1.34. The molecule has 8 heteroatoms. The summed E-state index contributed by atoms with van der Waals surface area (Å²) >= 11 is 0. The van der Waals surface area contributed by atoms with Crippen molar-refractivity contribution in [3.05, 3.63) is 41.2 Å². The maximum absolute atomic E-state index is 12.5. The summed E-state index contributed by atoms with van der Waals surface area (Å²) < 4.78 is 11.2. The van der Waals surface area contributed by atoms with E-state index in [-0.39, 0.29) is 12.0 Å². The molecule has 2 aliphatic rings. The predicted octanol–water partition coefficient (Wildman–Crippen LogP) is 2.64. The second-order valence-electron chi connectivity index (χ2n) is 8.88. The van der Waals surface area contributed by atoms with Gasteiger partial charge in [0.25, 0.3) is 0 Å². The fourth-order valence-corrected chi connectivity index (χ4v) is 4.32. The summed E-state index contributed by atoms with van der Waals surface area (Å²) in [6.07, 6.45) is 4.28. The molecule has 4 heterocycles. The third kappa shape index (κ3) is 5.12. The largest absolute Gasteiger partial charge is 0.489 e. The molecule has 172 valence electrons. The summed E-state index contributed by atoms with van der Waals surface area (Å²) in [5.41, 5.74) is 3.38. The number of aromatic nitrogens is 2. The number of methoxy groups -OCH3 is 1. The maximum Gasteiger partial charge on any atom is 0.224 e. The zero-order valence-corrected chi connectivity index (χ0v) is 19.5. The lowest BCUT2D eigenvalue weighted by Crippen LogP contribution is -2.39. The Bertz CT molecular complexity index is 939. The molecule has 0 aromatic carbocycles. The molecule has 8 nitrogen and oxygen atoms in total. The summed E-state index contributed by atoms with van der Waals surface area (Å²) in [7, 11) is 5.59. The van der Waals surface area contributed by atoms with Crippen molar-refractivity contribution < 1.29 is 14.3 Å². The van der Waals surface area contributed by atoms with Crippen molar-refractivity contribution in [3.8, 4) is 11.6 Å². The number of piperidine rings is 1. The van der Waals surface area contributed by atoms with Gasteiger partial charge >= 0.3 is 0 Å². The smallest absolute Gasteiger partial charge is 0.224 e. The van der Waals surface area contributed by atoms with Crippen LogP contribution < -0.4 is 14.4 Å². The highest BCUT2D eigenvalue weighted by molar-refractivity contribution is 5.77. The molecule has 32 heavy (non-hydrogen) atoms. The van der Waals surface area contributed by atoms with Gasteiger partial charge in [0.2, 0.25) is 11.8 Å². The molecule has 0 aliphatic carbocycles. The van der Waals surface area contributed by atoms with Crippen LogP contribution in [0.2, 0.25) is 0 Å². The van der Waals surface area contributed by atoms with E-state index in [0.29, 0.717) is 25.4 Å². The third-order valence-corrected chi connectivity index (χ3v) is 6.15. The van der Waals surface area contributed by atoms with Gasteiger partial charge in [0, 0.05) is 51.5 Å². The Hall–Kier alpha value is -2.87. The predicted molar refractivity (Wildman–Crippen MR) is 123 cm³/mol. The first kappa shape index (κ1) is 22.3. The van der Waals surface area contributed by atoms with Gasteiger partial charge in [0.15, 0.2) is 0 Å². The van der Waals surface area contributed by atoms with E-state index in [1.165, 1.54) is 11.1 Å². The molecule has 1 saturated heterocycles. The van der Waals surface area contributed by atoms with Crippen LogP contribution in [0.25, 0.3) is 0 Å². The van der Waals surface area contributed by atoms with Gasteiger partial charge in [-0.15, -0.1) is 0 Å². The van der Waals surface area contributed by atoms with Gasteiger partial charge in [-0.3, -0.25) is 4.79 Å². The summed E-state index contributed by atoms with van der Waals surface area (Å²) in [5, 5.41) is 0. The van der Waals surface area contributed by atoms with Gasteiger partial charge in [0.05, 0.1) is 25.5 Å². The highest BCUT2D eigenvalue weighted by atomic mass is 16.5. The number of hydrogen-bond acceptors (Lipinski definition) is 7. The lowest BCUT2D eigenvalue weighted by molar-refractivity contribution is -0.132. The fraction of sp³-hybridized carbons (Fsp3) is 0.542. The van der Waals surface area contributed by atoms with Crippen LogP contribution >= 0.6 is 0 Å². The molecule has 1 amide bonds. The fourth-order valence-electron chi connectivity index (χ4n) is 4.32. The van der Waals surface area contributed by atoms with Gasteiger partial charge in [-0.25, -0.2) is 9.97 Å². The number of rotatable bonds is 7. The van der Waals surface area contributed by atoms with Crippen LogP contribution in [0.1, 0.15) is 36.1 Å². The Morgan fingerprint density at radius 3 is 2.66 bits per heavy atom. The molecule has 2 aromatic heterocycles. The first-order chi connectivity index (χ1) is 15.4. The lowest BCUT2D eigenvalue weighted by atomic mass is 10.1. The van der Waals surface area contributed by atoms with Gasteiger partial charge in [-0.2, -0.15) is 0 Å². The number of anilines is 1. The second kappa shape index (κ2) is 9.73. The van der Waals surface area contributed by atoms with Crippen molar-refractivity contribution in [2.75, 3.05) is 45.7 Å². The molecular formula is C24H33N5O3. The van der Waals surface area contributed by atoms with Gasteiger partial charge in [-0.05, 0) is 44.3 Å². The van der Waals surface area contributed by atoms with Crippen LogP contribution in [0.3, 0.4) is 0 Å². The average Bonchev–Trinajstić information content (AvgIpc) is 3.21. The molecule has 0 radical (unpaired) electrons. The monoisotopic (exact) mass is 439 g/mol. The van der Waals surface area contributed by atoms with Crippen LogP contribution in [0.4, 0.5) is 5.82 Å². The van der Waals surface area contributed by atoms with E-state index < -0.39 is 0 Å². The minimum Gasteiger partial charge on any atom is -0.489 e. The van der Waals surface area contributed by atoms with Crippen molar-refractivity contribution in [1.29, 1.82) is 0 Å². The average molecular weight is 440 g/mol. The molecule has 0 spiro atoms. The van der Waals surface area contributed by atoms with E-state index in [1.807, 2.05) is 36.0 Å². The molecule has 1 fully saturated rings. The zero-order chi connectivity index (χ0) is 22.7. The Morgan fingerprint density at radius 2 is 2.00 bits per heavy atom. The molecule has 2 aliphatic heterocycles. The SMILES string of the molecule is COc1ccc(OC2CCN(c3nc4c(cc3C)CN(C(=O)CCN(C)C)C4)CC2)cn1. The first-order valence-corrected chi connectivity index (χ1v) is 11.3. The number of ether oxygens (including phenoxy) is 2. The number of carbonyl (C=O) groups is 1. The number of hydrogen-bond donors (Lipinski definition) is 0. The lowest BCUT2D eigenvalue weighted by Gasteiger charge is -2.34. The molecule has 4 rings (SSSR count). The number of fused-ring (bicyclic) bond motifs is 1. The van der Waals surface area contributed by atoms with Gasteiger partial charge < -0.3 is 24.2 Å². The van der Waals surface area contributed by atoms with Crippen LogP contribution in [-0.2, 0) is 17.9 Å². The van der Waals surface area contributed by atoms with Crippen molar-refractivity contribution >= 4 is 11.7 Å². The van der Waals surface area contributed by atoms with Crippen molar-refractivity contribution in [1.82, 2.24) is 19.8 Å². The summed E-state index contributed by atoms with van der Waals surface area (Å²) in [6.45, 7) is 5.96. The number of carbonyl (C=O) groups excluding carboxylic acids is 1. The van der Waals surface area contributed by atoms with E-state index in [9.17, 15) is 4.79 Å². The van der Waals surface area contributed by atoms with Crippen LogP contribution in [0, 0.1) is 6.92 Å². The Labute approximate surface area is 190 Å². The molecule has 0 saturated carbocycles. The Morgan fingerprint density at radius 1 is 1.22 bits per heavy atom. The molecule has 0 atom stereocenters. The quantitative estimate of drug-likeness (QED) is 0.657. The van der Waals surface area contributed by atoms with E-state index in [1.54, 1.807) is 13.3 Å². The van der Waals surface area contributed by atoms with E-state index in [2.05, 4.69) is 22.9 Å². The van der Waals surface area contributed by atoms with Gasteiger partial charge in [-0.1, -0.05) is 0 Å². The molecular weight excluding hydrogens is 406 g/mol. The number of nitrogens with zero attached hydrogens (tertiary/aromatic N) is 5. The number of amides is 1. The van der Waals surface area contributed by atoms with E-state index in [4.69, 9.17) is 14.5 Å². The van der Waals surface area contributed by atoms with E-state index >= 15 is 0 Å². The van der Waals surface area contributed by atoms with Crippen molar-refractivity contribution in [2.24, 2.45) is 0 Å². The summed E-state index contributed by atoms with van der Waals surface area (Å²) in [4.78, 5) is 28.1. The topological polar surface area (TPSA) is 71.0 Å². The van der Waals surface area contributed by atoms with Crippen molar-refractivity contribution in [2.45, 2.75) is 45.4 Å². The van der Waals surface area contributed by atoms with Crippen LogP contribution in [-0.4, -0.2) is 72.6 Å². The maximum atomic E-state index is 12.5. The molecule has 0 N–H and O–H groups in total. The minimum atomic E-state index is 0.168. The van der Waals surface area contributed by atoms with Crippen LogP contribution in [0.5, 0.6) is 11.6 Å². The molecule has 0 unspecified atom stereocenters. The second-order valence-corrected chi connectivity index (χ2v) is 8.88.